The van der Waals surface area contributed by atoms with E-state index in [1.807, 2.05) is 79.7 Å². The lowest BCUT2D eigenvalue weighted by molar-refractivity contribution is -0.0523. The Balaban J connectivity index is 1.46. The number of benzene rings is 3. The Kier molecular flexibility index (Phi) is 6.39. The second-order valence-corrected chi connectivity index (χ2v) is 9.45. The van der Waals surface area contributed by atoms with E-state index in [9.17, 15) is 20.1 Å². The number of aliphatic hydroxyl groups excluding tert-OH is 2. The summed E-state index contributed by atoms with van der Waals surface area (Å²) >= 11 is 0. The SMILES string of the molecule is C[C@@]1(C/C=C/c2ccccc2)Oc2cc3oc([C@H](O)Cc4ccccc4)cc(=O)c3c(O)c2C[C@H]1O. The molecule has 0 fully saturated rings. The molecule has 1 aliphatic rings. The highest BCUT2D eigenvalue weighted by Crippen LogP contribution is 2.43. The summed E-state index contributed by atoms with van der Waals surface area (Å²) in [5.41, 5.74) is 1.02. The summed E-state index contributed by atoms with van der Waals surface area (Å²) in [4.78, 5) is 12.9. The summed E-state index contributed by atoms with van der Waals surface area (Å²) in [6.45, 7) is 1.81. The van der Waals surface area contributed by atoms with E-state index in [2.05, 4.69) is 0 Å². The lowest BCUT2D eigenvalue weighted by Crippen LogP contribution is -2.48. The maximum atomic E-state index is 12.9. The van der Waals surface area contributed by atoms with Crippen LogP contribution in [0.4, 0.5) is 0 Å². The van der Waals surface area contributed by atoms with Gasteiger partial charge in [-0.2, -0.15) is 0 Å². The normalized spacial score (nSPS) is 20.2. The monoisotopic (exact) mass is 484 g/mol. The summed E-state index contributed by atoms with van der Waals surface area (Å²) in [7, 11) is 0. The van der Waals surface area contributed by atoms with Gasteiger partial charge in [-0.25, -0.2) is 0 Å². The molecule has 0 amide bonds. The van der Waals surface area contributed by atoms with E-state index in [1.54, 1.807) is 6.07 Å². The fraction of sp³-hybridized carbons (Fsp3) is 0.233. The Morgan fingerprint density at radius 3 is 2.50 bits per heavy atom. The molecule has 0 spiro atoms. The van der Waals surface area contributed by atoms with Crippen molar-refractivity contribution < 1.29 is 24.5 Å². The minimum absolute atomic E-state index is 0.00721. The molecular formula is C30H28O6. The van der Waals surface area contributed by atoms with Gasteiger partial charge >= 0.3 is 0 Å². The van der Waals surface area contributed by atoms with Crippen LogP contribution in [0.3, 0.4) is 0 Å². The Bertz CT molecular complexity index is 1460. The number of rotatable bonds is 6. The van der Waals surface area contributed by atoms with Crippen molar-refractivity contribution in [1.82, 2.24) is 0 Å². The van der Waals surface area contributed by atoms with Gasteiger partial charge in [0.05, 0.1) is 6.10 Å². The smallest absolute Gasteiger partial charge is 0.196 e. The number of aromatic hydroxyl groups is 1. The van der Waals surface area contributed by atoms with E-state index in [4.69, 9.17) is 9.15 Å². The van der Waals surface area contributed by atoms with Crippen LogP contribution in [0.15, 0.2) is 88.1 Å². The molecule has 4 aromatic rings. The van der Waals surface area contributed by atoms with Gasteiger partial charge in [-0.05, 0) is 18.1 Å². The third-order valence-electron chi connectivity index (χ3n) is 6.76. The number of ether oxygens (including phenoxy) is 1. The Morgan fingerprint density at radius 1 is 1.08 bits per heavy atom. The molecule has 6 heteroatoms. The maximum Gasteiger partial charge on any atom is 0.196 e. The quantitative estimate of drug-likeness (QED) is 0.359. The molecule has 0 radical (unpaired) electrons. The highest BCUT2D eigenvalue weighted by molar-refractivity contribution is 5.87. The van der Waals surface area contributed by atoms with E-state index >= 15 is 0 Å². The van der Waals surface area contributed by atoms with Crippen LogP contribution in [0.2, 0.25) is 0 Å². The first-order valence-corrected chi connectivity index (χ1v) is 12.0. The van der Waals surface area contributed by atoms with Crippen LogP contribution < -0.4 is 10.2 Å². The highest BCUT2D eigenvalue weighted by atomic mass is 16.5. The van der Waals surface area contributed by atoms with Gasteiger partial charge in [0.2, 0.25) is 0 Å². The molecule has 0 saturated heterocycles. The Labute approximate surface area is 208 Å². The van der Waals surface area contributed by atoms with E-state index in [0.717, 1.165) is 11.1 Å². The minimum Gasteiger partial charge on any atom is -0.507 e. The number of phenolic OH excluding ortho intramolecular Hbond substituents is 1. The number of hydrogen-bond acceptors (Lipinski definition) is 6. The van der Waals surface area contributed by atoms with E-state index in [1.165, 1.54) is 6.07 Å². The zero-order valence-electron chi connectivity index (χ0n) is 19.9. The predicted octanol–water partition coefficient (Wildman–Crippen LogP) is 4.93. The van der Waals surface area contributed by atoms with Crippen molar-refractivity contribution in [3.63, 3.8) is 0 Å². The molecule has 2 heterocycles. The van der Waals surface area contributed by atoms with Crippen molar-refractivity contribution >= 4 is 17.0 Å². The van der Waals surface area contributed by atoms with Crippen LogP contribution in [-0.2, 0) is 12.8 Å². The van der Waals surface area contributed by atoms with E-state index in [0.29, 0.717) is 17.7 Å². The van der Waals surface area contributed by atoms with Gasteiger partial charge in [0.15, 0.2) is 5.43 Å². The molecular weight excluding hydrogens is 456 g/mol. The summed E-state index contributed by atoms with van der Waals surface area (Å²) in [6, 6.07) is 22.0. The molecule has 3 atom stereocenters. The van der Waals surface area contributed by atoms with Crippen molar-refractivity contribution in [3.05, 3.63) is 112 Å². The zero-order chi connectivity index (χ0) is 25.3. The summed E-state index contributed by atoms with van der Waals surface area (Å²) in [5.74, 6) is 0.195. The van der Waals surface area contributed by atoms with Gasteiger partial charge < -0.3 is 24.5 Å². The van der Waals surface area contributed by atoms with Crippen molar-refractivity contribution in [3.8, 4) is 11.5 Å². The van der Waals surface area contributed by atoms with Crippen LogP contribution in [0.5, 0.6) is 11.5 Å². The van der Waals surface area contributed by atoms with Crippen molar-refractivity contribution in [2.24, 2.45) is 0 Å². The van der Waals surface area contributed by atoms with Gasteiger partial charge in [0.1, 0.15) is 39.9 Å². The van der Waals surface area contributed by atoms with Crippen molar-refractivity contribution in [2.75, 3.05) is 0 Å². The first kappa shape index (κ1) is 23.9. The molecule has 5 rings (SSSR count). The number of fused-ring (bicyclic) bond motifs is 2. The molecule has 184 valence electrons. The van der Waals surface area contributed by atoms with Gasteiger partial charge in [-0.3, -0.25) is 4.79 Å². The van der Waals surface area contributed by atoms with Gasteiger partial charge in [0.25, 0.3) is 0 Å². The standard InChI is InChI=1S/C30H28O6/c1-30(14-8-13-19-9-4-2-5-10-19)27(33)16-21-24(36-30)18-26-28(29(21)34)23(32)17-25(35-26)22(31)15-20-11-6-3-7-12-20/h2-13,17-18,22,27,31,33-34H,14-16H2,1H3/b13-8+/t22-,27-,30+/m1/s1. The maximum absolute atomic E-state index is 12.9. The first-order chi connectivity index (χ1) is 17.3. The molecule has 0 aliphatic carbocycles. The lowest BCUT2D eigenvalue weighted by Gasteiger charge is -2.39. The van der Waals surface area contributed by atoms with Gasteiger partial charge in [0, 0.05) is 37.0 Å². The molecule has 3 N–H and O–H groups in total. The van der Waals surface area contributed by atoms with Crippen LogP contribution in [0.25, 0.3) is 17.0 Å². The third-order valence-corrected chi connectivity index (χ3v) is 6.76. The molecule has 3 aromatic carbocycles. The highest BCUT2D eigenvalue weighted by Gasteiger charge is 2.41. The fourth-order valence-corrected chi connectivity index (χ4v) is 4.63. The van der Waals surface area contributed by atoms with E-state index < -0.39 is 23.2 Å². The van der Waals surface area contributed by atoms with Crippen molar-refractivity contribution in [1.29, 1.82) is 0 Å². The number of hydrogen-bond donors (Lipinski definition) is 3. The second-order valence-electron chi connectivity index (χ2n) is 9.45. The second kappa shape index (κ2) is 9.64. The Morgan fingerprint density at radius 2 is 1.78 bits per heavy atom. The van der Waals surface area contributed by atoms with Crippen LogP contribution in [0, 0.1) is 0 Å². The Hall–Kier alpha value is -3.87. The van der Waals surface area contributed by atoms with Crippen LogP contribution in [0.1, 0.15) is 41.9 Å². The summed E-state index contributed by atoms with van der Waals surface area (Å²) in [6.07, 6.45) is 2.83. The van der Waals surface area contributed by atoms with E-state index in [-0.39, 0.29) is 35.3 Å². The van der Waals surface area contributed by atoms with Gasteiger partial charge in [-0.15, -0.1) is 0 Å². The van der Waals surface area contributed by atoms with Gasteiger partial charge in [-0.1, -0.05) is 72.8 Å². The first-order valence-electron chi connectivity index (χ1n) is 12.0. The summed E-state index contributed by atoms with van der Waals surface area (Å²) < 4.78 is 12.1. The fourth-order valence-electron chi connectivity index (χ4n) is 4.63. The predicted molar refractivity (Wildman–Crippen MR) is 138 cm³/mol. The number of aliphatic hydroxyl groups is 2. The number of phenols is 1. The zero-order valence-corrected chi connectivity index (χ0v) is 19.9. The third kappa shape index (κ3) is 4.65. The molecule has 1 aliphatic heterocycles. The average Bonchev–Trinajstić information content (AvgIpc) is 2.86. The van der Waals surface area contributed by atoms with Crippen LogP contribution >= 0.6 is 0 Å². The van der Waals surface area contributed by atoms with Crippen LogP contribution in [-0.4, -0.2) is 27.0 Å². The topological polar surface area (TPSA) is 100 Å². The molecule has 6 nitrogen and oxygen atoms in total. The summed E-state index contributed by atoms with van der Waals surface area (Å²) in [5, 5.41) is 32.5. The van der Waals surface area contributed by atoms with Crippen molar-refractivity contribution in [2.45, 2.75) is 44.0 Å². The molecule has 36 heavy (non-hydrogen) atoms. The average molecular weight is 485 g/mol. The molecule has 0 bridgehead atoms. The molecule has 0 saturated carbocycles. The minimum atomic E-state index is -1.03. The molecule has 1 aromatic heterocycles. The largest absolute Gasteiger partial charge is 0.507 e. The molecule has 0 unspecified atom stereocenters. The lowest BCUT2D eigenvalue weighted by atomic mass is 9.86.